The van der Waals surface area contributed by atoms with Gasteiger partial charge < -0.3 is 0 Å². The Morgan fingerprint density at radius 1 is 1.44 bits per heavy atom. The van der Waals surface area contributed by atoms with E-state index in [1.54, 1.807) is 12.5 Å². The maximum absolute atomic E-state index is 12.5. The van der Waals surface area contributed by atoms with Gasteiger partial charge in [0.15, 0.2) is 0 Å². The summed E-state index contributed by atoms with van der Waals surface area (Å²) in [6.07, 6.45) is 5.20. The Kier molecular flexibility index (Phi) is 7.69. The molecule has 0 bridgehead atoms. The molecule has 1 amide bonds. The van der Waals surface area contributed by atoms with Crippen LogP contribution in [0.4, 0.5) is 0 Å². The average Bonchev–Trinajstić information content (AvgIpc) is 3.14. The van der Waals surface area contributed by atoms with Crippen molar-refractivity contribution in [3.05, 3.63) is 18.7 Å². The Hall–Kier alpha value is -1.58. The van der Waals surface area contributed by atoms with Crippen molar-refractivity contribution in [3.63, 3.8) is 0 Å². The first kappa shape index (κ1) is 21.7. The number of hydrogen-bond donors (Lipinski definition) is 3. The van der Waals surface area contributed by atoms with Gasteiger partial charge in [-0.25, -0.2) is 0 Å². The first-order chi connectivity index (χ1) is 12.8. The molecule has 1 aliphatic heterocycles. The number of imidazole rings is 1. The molecule has 0 unspecified atom stereocenters. The van der Waals surface area contributed by atoms with Gasteiger partial charge in [-0.15, -0.1) is 0 Å². The Labute approximate surface area is 159 Å². The average molecular weight is 404 g/mol. The fourth-order valence-corrected chi connectivity index (χ4v) is 4.68. The van der Waals surface area contributed by atoms with Crippen molar-refractivity contribution in [3.8, 4) is 0 Å². The van der Waals surface area contributed by atoms with Gasteiger partial charge in [0.1, 0.15) is 0 Å². The van der Waals surface area contributed by atoms with Gasteiger partial charge in [0, 0.05) is 0 Å². The molecular weight excluding hydrogens is 375 g/mol. The summed E-state index contributed by atoms with van der Waals surface area (Å²) in [5.41, 5.74) is -0.618. The SMILES string of the molecule is COC(=O)CCNC(=O)[C@@H]1O[PH](O)(NCCCn2ccnc2)OCC1(C)C. The minimum atomic E-state index is -3.67. The molecule has 1 aromatic heterocycles. The molecule has 2 heterocycles. The number of hydrogen-bond acceptors (Lipinski definition) is 8. The zero-order valence-electron chi connectivity index (χ0n) is 15.9. The number of carbonyl (C=O) groups excluding carboxylic acids is 2. The van der Waals surface area contributed by atoms with Crippen LogP contribution in [0, 0.1) is 5.41 Å². The molecular formula is C16H29N4O6P. The molecule has 11 heteroatoms. The van der Waals surface area contributed by atoms with E-state index in [1.165, 1.54) is 7.11 Å². The third-order valence-corrected chi connectivity index (χ3v) is 6.01. The van der Waals surface area contributed by atoms with E-state index in [0.717, 1.165) is 13.0 Å². The molecule has 0 aliphatic carbocycles. The van der Waals surface area contributed by atoms with Crippen LogP contribution in [0.3, 0.4) is 0 Å². The topological polar surface area (TPSA) is 124 Å². The van der Waals surface area contributed by atoms with Gasteiger partial charge in [-0.1, -0.05) is 0 Å². The van der Waals surface area contributed by atoms with Crippen molar-refractivity contribution in [1.29, 1.82) is 0 Å². The van der Waals surface area contributed by atoms with Gasteiger partial charge in [0.2, 0.25) is 0 Å². The molecule has 1 fully saturated rings. The third kappa shape index (κ3) is 6.51. The molecule has 0 saturated carbocycles. The van der Waals surface area contributed by atoms with Gasteiger partial charge >= 0.3 is 158 Å². The molecule has 154 valence electrons. The molecule has 3 N–H and O–H groups in total. The molecule has 0 radical (unpaired) electrons. The Balaban J connectivity index is 1.84. The molecule has 1 atom stereocenters. The fraction of sp³-hybridized carbons (Fsp3) is 0.688. The predicted molar refractivity (Wildman–Crippen MR) is 99.6 cm³/mol. The van der Waals surface area contributed by atoms with Crippen molar-refractivity contribution < 1.29 is 28.3 Å². The summed E-state index contributed by atoms with van der Waals surface area (Å²) in [5, 5.41) is 5.58. The van der Waals surface area contributed by atoms with Crippen LogP contribution in [0.2, 0.25) is 0 Å². The van der Waals surface area contributed by atoms with Crippen molar-refractivity contribution in [2.75, 3.05) is 26.8 Å². The van der Waals surface area contributed by atoms with Crippen LogP contribution in [0.25, 0.3) is 0 Å². The molecule has 1 aromatic rings. The molecule has 2 rings (SSSR count). The van der Waals surface area contributed by atoms with Crippen molar-refractivity contribution in [1.82, 2.24) is 20.0 Å². The van der Waals surface area contributed by atoms with Crippen LogP contribution < -0.4 is 10.4 Å². The third-order valence-electron chi connectivity index (χ3n) is 4.22. The Morgan fingerprint density at radius 2 is 2.22 bits per heavy atom. The summed E-state index contributed by atoms with van der Waals surface area (Å²) in [4.78, 5) is 38.3. The quantitative estimate of drug-likeness (QED) is 0.307. The van der Waals surface area contributed by atoms with Crippen LogP contribution in [0.15, 0.2) is 18.7 Å². The van der Waals surface area contributed by atoms with Crippen molar-refractivity contribution in [2.45, 2.75) is 39.3 Å². The van der Waals surface area contributed by atoms with Gasteiger partial charge in [0.25, 0.3) is 0 Å². The summed E-state index contributed by atoms with van der Waals surface area (Å²) in [5.74, 6) is -0.800. The van der Waals surface area contributed by atoms with Crippen LogP contribution in [-0.2, 0) is 29.9 Å². The molecule has 0 aromatic carbocycles. The van der Waals surface area contributed by atoms with E-state index in [4.69, 9.17) is 9.05 Å². The molecule has 1 saturated heterocycles. The van der Waals surface area contributed by atoms with E-state index in [9.17, 15) is 14.5 Å². The second-order valence-corrected chi connectivity index (χ2v) is 9.10. The molecule has 1 aliphatic rings. The Morgan fingerprint density at radius 3 is 2.89 bits per heavy atom. The number of esters is 1. The molecule has 27 heavy (non-hydrogen) atoms. The van der Waals surface area contributed by atoms with E-state index in [0.29, 0.717) is 6.54 Å². The van der Waals surface area contributed by atoms with Crippen LogP contribution in [0.5, 0.6) is 0 Å². The maximum atomic E-state index is 12.5. The molecule has 0 spiro atoms. The van der Waals surface area contributed by atoms with Gasteiger partial charge in [-0.2, -0.15) is 0 Å². The van der Waals surface area contributed by atoms with Gasteiger partial charge in [-0.3, -0.25) is 0 Å². The number of ether oxygens (including phenoxy) is 1. The zero-order valence-corrected chi connectivity index (χ0v) is 16.9. The van der Waals surface area contributed by atoms with E-state index in [1.807, 2.05) is 24.6 Å². The van der Waals surface area contributed by atoms with Crippen LogP contribution in [0.1, 0.15) is 26.7 Å². The minimum absolute atomic E-state index is 0.0695. The summed E-state index contributed by atoms with van der Waals surface area (Å²) in [6, 6.07) is 0. The second kappa shape index (κ2) is 9.57. The number of amides is 1. The number of nitrogens with zero attached hydrogens (tertiary/aromatic N) is 2. The molecule has 10 nitrogen and oxygen atoms in total. The predicted octanol–water partition coefficient (Wildman–Crippen LogP) is 0.386. The van der Waals surface area contributed by atoms with Crippen LogP contribution >= 0.6 is 8.09 Å². The number of rotatable bonds is 9. The van der Waals surface area contributed by atoms with Gasteiger partial charge in [-0.05, 0) is 0 Å². The fourth-order valence-electron chi connectivity index (χ4n) is 2.62. The van der Waals surface area contributed by atoms with Crippen LogP contribution in [-0.4, -0.2) is 59.2 Å². The number of nitrogens with one attached hydrogen (secondary N) is 2. The number of methoxy groups -OCH3 is 1. The summed E-state index contributed by atoms with van der Waals surface area (Å²) < 4.78 is 17.7. The summed E-state index contributed by atoms with van der Waals surface area (Å²) >= 11 is 0. The number of carbonyl (C=O) groups is 2. The van der Waals surface area contributed by atoms with Gasteiger partial charge in [0.05, 0.1) is 0 Å². The Bertz CT molecular complexity index is 626. The van der Waals surface area contributed by atoms with E-state index in [-0.39, 0.29) is 19.6 Å². The van der Waals surface area contributed by atoms with E-state index < -0.39 is 31.5 Å². The summed E-state index contributed by atoms with van der Waals surface area (Å²) in [7, 11) is -2.38. The van der Waals surface area contributed by atoms with E-state index >= 15 is 0 Å². The van der Waals surface area contributed by atoms with E-state index in [2.05, 4.69) is 20.1 Å². The van der Waals surface area contributed by atoms with Crippen molar-refractivity contribution >= 4 is 20.0 Å². The standard InChI is InChI=1S/C16H29N4O6P/c1-16(2)11-25-27(23,19-6-4-9-20-10-8-17-12-20)26-14(16)15(22)18-7-5-13(21)24-3/h8,10,12,14,19,23,27H,4-7,9,11H2,1-3H3,(H,18,22)/t14-/m0/s1. The summed E-state index contributed by atoms with van der Waals surface area (Å²) in [6.45, 7) is 5.17. The first-order valence-corrected chi connectivity index (χ1v) is 10.6. The van der Waals surface area contributed by atoms with Crippen molar-refractivity contribution in [2.24, 2.45) is 5.41 Å². The normalized spacial score (nSPS) is 22.0. The number of aryl methyl sites for hydroxylation is 1. The zero-order chi connectivity index (χ0) is 19.9. The second-order valence-electron chi connectivity index (χ2n) is 7.05. The number of aromatic nitrogens is 2. The first-order valence-electron chi connectivity index (χ1n) is 8.85. The monoisotopic (exact) mass is 404 g/mol.